The van der Waals surface area contributed by atoms with E-state index >= 15 is 0 Å². The van der Waals surface area contributed by atoms with Crippen molar-refractivity contribution < 1.29 is 8.78 Å². The number of rotatable bonds is 4. The number of aryl methyl sites for hydroxylation is 1. The summed E-state index contributed by atoms with van der Waals surface area (Å²) in [4.78, 5) is 3.58. The molecular formula is C18H23F2N. The molecule has 0 N–H and O–H groups in total. The van der Waals surface area contributed by atoms with Gasteiger partial charge in [-0.2, -0.15) is 8.78 Å². The van der Waals surface area contributed by atoms with Crippen LogP contribution in [0.15, 0.2) is 47.0 Å². The lowest BCUT2D eigenvalue weighted by Gasteiger charge is -2.17. The Morgan fingerprint density at radius 1 is 1.33 bits per heavy atom. The highest BCUT2D eigenvalue weighted by Gasteiger charge is 2.35. The first-order valence-electron chi connectivity index (χ1n) is 6.92. The van der Waals surface area contributed by atoms with Crippen molar-refractivity contribution >= 4 is 5.71 Å². The molecule has 0 bridgehead atoms. The van der Waals surface area contributed by atoms with Gasteiger partial charge in [-0.3, -0.25) is 4.99 Å². The van der Waals surface area contributed by atoms with E-state index in [2.05, 4.69) is 30.0 Å². The lowest BCUT2D eigenvalue weighted by molar-refractivity contribution is 0.0679. The summed E-state index contributed by atoms with van der Waals surface area (Å²) in [5.74, 6) is -0.701. The molecule has 0 fully saturated rings. The monoisotopic (exact) mass is 291 g/mol. The average molecular weight is 291 g/mol. The van der Waals surface area contributed by atoms with E-state index in [9.17, 15) is 8.78 Å². The second kappa shape index (κ2) is 9.88. The molecule has 0 heterocycles. The van der Waals surface area contributed by atoms with E-state index in [0.29, 0.717) is 6.42 Å². The Kier molecular flexibility index (Phi) is 8.96. The topological polar surface area (TPSA) is 12.4 Å². The Bertz CT molecular complexity index is 508. The SMILES string of the molecule is C#C/C(=C/C)C(=NC)C(F)(F)CCC.Cc1ccccc1. The molecule has 0 spiro atoms. The van der Waals surface area contributed by atoms with Crippen molar-refractivity contribution in [1.29, 1.82) is 0 Å². The number of halogens is 2. The fourth-order valence-corrected chi connectivity index (χ4v) is 1.74. The van der Waals surface area contributed by atoms with Gasteiger partial charge >= 0.3 is 0 Å². The molecule has 3 heteroatoms. The van der Waals surface area contributed by atoms with Crippen molar-refractivity contribution in [2.75, 3.05) is 7.05 Å². The van der Waals surface area contributed by atoms with Gasteiger partial charge in [0.1, 0.15) is 5.71 Å². The minimum absolute atomic E-state index is 0.172. The van der Waals surface area contributed by atoms with Gasteiger partial charge in [-0.05, 0) is 13.8 Å². The highest BCUT2D eigenvalue weighted by atomic mass is 19.3. The molecule has 0 aliphatic heterocycles. The largest absolute Gasteiger partial charge is 0.290 e. The number of hydrogen-bond donors (Lipinski definition) is 0. The molecule has 0 radical (unpaired) electrons. The number of aliphatic imine (C=N–C) groups is 1. The highest BCUT2D eigenvalue weighted by molar-refractivity contribution is 6.08. The molecule has 0 aromatic heterocycles. The highest BCUT2D eigenvalue weighted by Crippen LogP contribution is 2.25. The lowest BCUT2D eigenvalue weighted by atomic mass is 10.0. The van der Waals surface area contributed by atoms with Gasteiger partial charge in [-0.1, -0.05) is 61.2 Å². The molecule has 0 unspecified atom stereocenters. The van der Waals surface area contributed by atoms with Gasteiger partial charge < -0.3 is 0 Å². The maximum atomic E-state index is 13.4. The third-order valence-corrected chi connectivity index (χ3v) is 2.77. The minimum Gasteiger partial charge on any atom is -0.286 e. The van der Waals surface area contributed by atoms with Gasteiger partial charge in [-0.25, -0.2) is 0 Å². The van der Waals surface area contributed by atoms with Crippen molar-refractivity contribution in [3.05, 3.63) is 47.5 Å². The standard InChI is InChI=1S/C11H15F2N.C7H8/c1-5-8-11(12,13)10(14-4)9(6-2)7-3;1-7-5-3-2-4-6-7/h2,7H,5,8H2,1,3-4H3;2-6H,1H3/b9-7-,14-10?;. The van der Waals surface area contributed by atoms with Crippen LogP contribution in [0.1, 0.15) is 32.3 Å². The molecule has 1 nitrogen and oxygen atoms in total. The van der Waals surface area contributed by atoms with Crippen LogP contribution in [0.3, 0.4) is 0 Å². The van der Waals surface area contributed by atoms with E-state index in [1.165, 1.54) is 18.7 Å². The summed E-state index contributed by atoms with van der Waals surface area (Å²) in [5, 5.41) is 0. The molecule has 114 valence electrons. The van der Waals surface area contributed by atoms with Crippen LogP contribution in [-0.4, -0.2) is 18.7 Å². The van der Waals surface area contributed by atoms with Crippen molar-refractivity contribution in [2.24, 2.45) is 4.99 Å². The van der Waals surface area contributed by atoms with Gasteiger partial charge in [0.2, 0.25) is 0 Å². The predicted molar refractivity (Wildman–Crippen MR) is 87.0 cm³/mol. The Balaban J connectivity index is 0.000000471. The fraction of sp³-hybridized carbons (Fsp3) is 0.389. The number of terminal acetylenes is 1. The summed E-state index contributed by atoms with van der Waals surface area (Å²) in [6.07, 6.45) is 6.77. The van der Waals surface area contributed by atoms with Crippen LogP contribution in [0.4, 0.5) is 8.78 Å². The van der Waals surface area contributed by atoms with Crippen molar-refractivity contribution in [2.45, 2.75) is 39.5 Å². The molecular weight excluding hydrogens is 268 g/mol. The van der Waals surface area contributed by atoms with E-state index in [-0.39, 0.29) is 17.7 Å². The summed E-state index contributed by atoms with van der Waals surface area (Å²) in [7, 11) is 1.33. The van der Waals surface area contributed by atoms with E-state index in [1.807, 2.05) is 18.2 Å². The molecule has 0 saturated carbocycles. The van der Waals surface area contributed by atoms with Crippen LogP contribution in [0.25, 0.3) is 0 Å². The average Bonchev–Trinajstić information content (AvgIpc) is 2.45. The van der Waals surface area contributed by atoms with E-state index < -0.39 is 5.92 Å². The second-order valence-corrected chi connectivity index (χ2v) is 4.53. The number of nitrogens with zero attached hydrogens (tertiary/aromatic N) is 1. The van der Waals surface area contributed by atoms with Crippen LogP contribution in [0, 0.1) is 19.3 Å². The first-order valence-corrected chi connectivity index (χ1v) is 6.92. The first-order chi connectivity index (χ1) is 9.92. The van der Waals surface area contributed by atoms with Crippen LogP contribution < -0.4 is 0 Å². The van der Waals surface area contributed by atoms with E-state index in [1.54, 1.807) is 13.8 Å². The van der Waals surface area contributed by atoms with Crippen LogP contribution >= 0.6 is 0 Å². The minimum atomic E-state index is -2.92. The van der Waals surface area contributed by atoms with E-state index in [0.717, 1.165) is 0 Å². The zero-order valence-corrected chi connectivity index (χ0v) is 13.2. The summed E-state index contributed by atoms with van der Waals surface area (Å²) < 4.78 is 26.9. The van der Waals surface area contributed by atoms with Gasteiger partial charge in [0.05, 0.1) is 0 Å². The third kappa shape index (κ3) is 6.85. The predicted octanol–water partition coefficient (Wildman–Crippen LogP) is 5.07. The zero-order valence-electron chi connectivity index (χ0n) is 13.2. The number of alkyl halides is 2. The van der Waals surface area contributed by atoms with Gasteiger partial charge in [0.25, 0.3) is 5.92 Å². The van der Waals surface area contributed by atoms with Crippen molar-refractivity contribution in [3.8, 4) is 12.3 Å². The second-order valence-electron chi connectivity index (χ2n) is 4.53. The zero-order chi connectivity index (χ0) is 16.3. The Morgan fingerprint density at radius 2 is 1.90 bits per heavy atom. The molecule has 1 rings (SSSR count). The normalized spacial score (nSPS) is 12.2. The quantitative estimate of drug-likeness (QED) is 0.542. The van der Waals surface area contributed by atoms with Gasteiger partial charge in [-0.15, -0.1) is 6.42 Å². The number of hydrogen-bond acceptors (Lipinski definition) is 1. The molecule has 0 atom stereocenters. The Labute approximate surface area is 126 Å². The molecule has 0 amide bonds. The van der Waals surface area contributed by atoms with Crippen LogP contribution in [0.2, 0.25) is 0 Å². The number of benzene rings is 1. The molecule has 1 aromatic carbocycles. The maximum absolute atomic E-state index is 13.4. The van der Waals surface area contributed by atoms with Crippen LogP contribution in [0.5, 0.6) is 0 Å². The van der Waals surface area contributed by atoms with Crippen LogP contribution in [-0.2, 0) is 0 Å². The third-order valence-electron chi connectivity index (χ3n) is 2.77. The summed E-state index contributed by atoms with van der Waals surface area (Å²) in [5.41, 5.74) is 1.21. The molecule has 0 aliphatic rings. The molecule has 21 heavy (non-hydrogen) atoms. The first kappa shape index (κ1) is 19.1. The molecule has 1 aromatic rings. The summed E-state index contributed by atoms with van der Waals surface area (Å²) in [6, 6.07) is 10.3. The maximum Gasteiger partial charge on any atom is 0.290 e. The Hall–Kier alpha value is -1.95. The summed E-state index contributed by atoms with van der Waals surface area (Å²) >= 11 is 0. The van der Waals surface area contributed by atoms with E-state index in [4.69, 9.17) is 6.42 Å². The lowest BCUT2D eigenvalue weighted by Crippen LogP contribution is -2.29. The number of allylic oxidation sites excluding steroid dienone is 2. The Morgan fingerprint density at radius 3 is 2.19 bits per heavy atom. The van der Waals surface area contributed by atoms with Gasteiger partial charge in [0.15, 0.2) is 0 Å². The molecule has 0 saturated heterocycles. The molecule has 0 aliphatic carbocycles. The smallest absolute Gasteiger partial charge is 0.286 e. The summed E-state index contributed by atoms with van der Waals surface area (Å²) in [6.45, 7) is 5.41. The van der Waals surface area contributed by atoms with Crippen molar-refractivity contribution in [3.63, 3.8) is 0 Å². The van der Waals surface area contributed by atoms with Gasteiger partial charge in [0, 0.05) is 19.0 Å². The van der Waals surface area contributed by atoms with Crippen molar-refractivity contribution in [1.82, 2.24) is 0 Å². The fourth-order valence-electron chi connectivity index (χ4n) is 1.74.